The number of piperidine rings is 1. The Kier molecular flexibility index (Phi) is 4.84. The van der Waals surface area contributed by atoms with E-state index in [2.05, 4.69) is 10.3 Å². The van der Waals surface area contributed by atoms with E-state index < -0.39 is 6.04 Å². The zero-order chi connectivity index (χ0) is 19.8. The molecule has 0 aliphatic carbocycles. The highest BCUT2D eigenvalue weighted by Gasteiger charge is 2.33. The van der Waals surface area contributed by atoms with Crippen molar-refractivity contribution >= 4 is 46.7 Å². The number of aromatic nitrogens is 2. The number of hydrogen-bond acceptors (Lipinski definition) is 6. The molecule has 2 aliphatic rings. The molecule has 1 fully saturated rings. The molecule has 4 rings (SSSR count). The summed E-state index contributed by atoms with van der Waals surface area (Å²) in [6.07, 6.45) is 1.81. The van der Waals surface area contributed by atoms with Crippen molar-refractivity contribution in [2.45, 2.75) is 31.7 Å². The number of rotatable bonds is 4. The van der Waals surface area contributed by atoms with Gasteiger partial charge in [-0.05, 0) is 43.6 Å². The highest BCUT2D eigenvalue weighted by molar-refractivity contribution is 7.71. The minimum Gasteiger partial charge on any atom is -0.369 e. The van der Waals surface area contributed by atoms with Crippen molar-refractivity contribution in [3.8, 4) is 0 Å². The number of nitrogens with two attached hydrogens (primary N) is 1. The Labute approximate surface area is 166 Å². The Morgan fingerprint density at radius 3 is 2.68 bits per heavy atom. The van der Waals surface area contributed by atoms with Gasteiger partial charge in [-0.15, -0.1) is 0 Å². The van der Waals surface area contributed by atoms with Crippen LogP contribution >= 0.6 is 12.2 Å². The molecule has 2 aromatic rings. The quantitative estimate of drug-likeness (QED) is 0.757. The number of amides is 2. The highest BCUT2D eigenvalue weighted by Crippen LogP contribution is 2.29. The van der Waals surface area contributed by atoms with Crippen LogP contribution in [-0.2, 0) is 9.59 Å². The van der Waals surface area contributed by atoms with Crippen LogP contribution in [0, 0.1) is 10.7 Å². The summed E-state index contributed by atoms with van der Waals surface area (Å²) < 4.78 is 1.64. The Hall–Kier alpha value is -2.81. The average molecular weight is 399 g/mol. The molecular weight excluding hydrogens is 378 g/mol. The number of carbonyl (C=O) groups is 3. The molecule has 1 aromatic carbocycles. The Bertz CT molecular complexity index is 1030. The fraction of sp³-hybridized carbons (Fsp3) is 0.421. The summed E-state index contributed by atoms with van der Waals surface area (Å²) in [5, 5.41) is 4.05. The normalized spacial score (nSPS) is 19.5. The second-order valence-electron chi connectivity index (χ2n) is 7.23. The Morgan fingerprint density at radius 2 is 1.96 bits per heavy atom. The van der Waals surface area contributed by atoms with Crippen LogP contribution in [0.5, 0.6) is 0 Å². The van der Waals surface area contributed by atoms with Crippen LogP contribution in [0.2, 0.25) is 0 Å². The van der Waals surface area contributed by atoms with E-state index in [-0.39, 0.29) is 34.8 Å². The van der Waals surface area contributed by atoms with E-state index in [1.54, 1.807) is 4.90 Å². The average Bonchev–Trinajstić information content (AvgIpc) is 3.03. The maximum atomic E-state index is 12.8. The first-order valence-corrected chi connectivity index (χ1v) is 9.76. The van der Waals surface area contributed by atoms with E-state index in [4.69, 9.17) is 18.0 Å². The number of carbonyl (C=O) groups excluding carboxylic acids is 3. The number of anilines is 1. The smallest absolute Gasteiger partial charge is 0.257 e. The monoisotopic (exact) mass is 399 g/mol. The highest BCUT2D eigenvalue weighted by atomic mass is 32.1. The van der Waals surface area contributed by atoms with Crippen molar-refractivity contribution in [2.75, 3.05) is 18.4 Å². The number of benzene rings is 1. The van der Waals surface area contributed by atoms with Crippen molar-refractivity contribution in [2.24, 2.45) is 11.7 Å². The molecule has 3 heterocycles. The van der Waals surface area contributed by atoms with Crippen molar-refractivity contribution in [1.82, 2.24) is 14.5 Å². The minimum atomic E-state index is -0.513. The van der Waals surface area contributed by atoms with E-state index in [1.165, 1.54) is 4.57 Å². The number of primary amides is 1. The lowest BCUT2D eigenvalue weighted by molar-refractivity contribution is -0.134. The number of fused-ring (bicyclic) bond motifs is 3. The number of hydrogen-bond donors (Lipinski definition) is 2. The van der Waals surface area contributed by atoms with Crippen molar-refractivity contribution in [1.29, 1.82) is 0 Å². The summed E-state index contributed by atoms with van der Waals surface area (Å²) in [7, 11) is 0. The second kappa shape index (κ2) is 7.31. The van der Waals surface area contributed by atoms with Crippen LogP contribution in [-0.4, -0.2) is 51.3 Å². The van der Waals surface area contributed by atoms with Gasteiger partial charge in [0.1, 0.15) is 11.9 Å². The lowest BCUT2D eigenvalue weighted by Gasteiger charge is -2.30. The third-order valence-electron chi connectivity index (χ3n) is 5.52. The molecule has 1 aromatic heterocycles. The van der Waals surface area contributed by atoms with Gasteiger partial charge in [0, 0.05) is 30.8 Å². The Balaban J connectivity index is 1.43. The predicted octanol–water partition coefficient (Wildman–Crippen LogP) is 1.70. The molecule has 0 radical (unpaired) electrons. The van der Waals surface area contributed by atoms with Gasteiger partial charge in [-0.25, -0.2) is 9.55 Å². The van der Waals surface area contributed by atoms with Crippen LogP contribution in [0.25, 0.3) is 10.9 Å². The number of para-hydroxylation sites is 1. The van der Waals surface area contributed by atoms with E-state index in [0.717, 1.165) is 10.9 Å². The zero-order valence-corrected chi connectivity index (χ0v) is 16.1. The molecule has 8 nitrogen and oxygen atoms in total. The molecule has 0 spiro atoms. The standard InChI is InChI=1S/C19H21N5O3S/c20-16(26)11-7-9-23(10-8-11)15(25)6-5-14-18(27)24-17(21-14)12-3-1-2-4-13(12)22-19(24)28/h1-4,11,14,21H,5-10H2,(H2,20,26). The number of nitrogens with zero attached hydrogens (tertiary/aromatic N) is 3. The lowest BCUT2D eigenvalue weighted by Crippen LogP contribution is -2.42. The summed E-state index contributed by atoms with van der Waals surface area (Å²) in [6, 6.07) is 6.98. The fourth-order valence-electron chi connectivity index (χ4n) is 3.90. The van der Waals surface area contributed by atoms with Gasteiger partial charge in [0.25, 0.3) is 5.91 Å². The van der Waals surface area contributed by atoms with E-state index in [9.17, 15) is 14.4 Å². The largest absolute Gasteiger partial charge is 0.369 e. The minimum absolute atomic E-state index is 0.0138. The van der Waals surface area contributed by atoms with Crippen molar-refractivity contribution in [3.05, 3.63) is 29.0 Å². The van der Waals surface area contributed by atoms with Gasteiger partial charge >= 0.3 is 0 Å². The second-order valence-corrected chi connectivity index (χ2v) is 7.59. The summed E-state index contributed by atoms with van der Waals surface area (Å²) in [4.78, 5) is 42.6. The van der Waals surface area contributed by atoms with Gasteiger partial charge in [0.05, 0.1) is 5.52 Å². The molecular formula is C19H21N5O3S. The Morgan fingerprint density at radius 1 is 1.25 bits per heavy atom. The fourth-order valence-corrected chi connectivity index (χ4v) is 4.18. The molecule has 9 heteroatoms. The van der Waals surface area contributed by atoms with Gasteiger partial charge in [0.15, 0.2) is 0 Å². The summed E-state index contributed by atoms with van der Waals surface area (Å²) in [5.74, 6) is -0.0126. The van der Waals surface area contributed by atoms with Gasteiger partial charge in [-0.3, -0.25) is 14.4 Å². The summed E-state index contributed by atoms with van der Waals surface area (Å²) >= 11 is 5.28. The molecule has 0 saturated carbocycles. The first kappa shape index (κ1) is 18.5. The van der Waals surface area contributed by atoms with Gasteiger partial charge < -0.3 is 16.0 Å². The SMILES string of the molecule is NC(=O)C1CCN(C(=O)CCC2Nc3c4ccccc4nc(=S)n3C2=O)CC1. The molecule has 28 heavy (non-hydrogen) atoms. The molecule has 0 bridgehead atoms. The van der Waals surface area contributed by atoms with Crippen LogP contribution in [0.15, 0.2) is 24.3 Å². The van der Waals surface area contributed by atoms with E-state index >= 15 is 0 Å². The van der Waals surface area contributed by atoms with Crippen molar-refractivity contribution in [3.63, 3.8) is 0 Å². The molecule has 1 saturated heterocycles. The third kappa shape index (κ3) is 3.26. The van der Waals surface area contributed by atoms with Gasteiger partial charge in [-0.2, -0.15) is 0 Å². The predicted molar refractivity (Wildman–Crippen MR) is 106 cm³/mol. The lowest BCUT2D eigenvalue weighted by atomic mass is 9.96. The summed E-state index contributed by atoms with van der Waals surface area (Å²) in [6.45, 7) is 1.05. The number of likely N-dealkylation sites (tertiary alicyclic amines) is 1. The molecule has 1 atom stereocenters. The molecule has 2 aliphatic heterocycles. The number of nitrogens with one attached hydrogen (secondary N) is 1. The summed E-state index contributed by atoms with van der Waals surface area (Å²) in [5.41, 5.74) is 6.06. The van der Waals surface area contributed by atoms with E-state index in [1.807, 2.05) is 24.3 Å². The van der Waals surface area contributed by atoms with Crippen molar-refractivity contribution < 1.29 is 14.4 Å². The molecule has 3 N–H and O–H groups in total. The van der Waals surface area contributed by atoms with Crippen LogP contribution in [0.4, 0.5) is 5.82 Å². The first-order valence-electron chi connectivity index (χ1n) is 9.35. The molecule has 2 amide bonds. The van der Waals surface area contributed by atoms with Crippen LogP contribution in [0.1, 0.15) is 30.5 Å². The first-order chi connectivity index (χ1) is 13.5. The van der Waals surface area contributed by atoms with Gasteiger partial charge in [0.2, 0.25) is 16.6 Å². The maximum absolute atomic E-state index is 12.8. The molecule has 1 unspecified atom stereocenters. The maximum Gasteiger partial charge on any atom is 0.257 e. The zero-order valence-electron chi connectivity index (χ0n) is 15.3. The van der Waals surface area contributed by atoms with E-state index in [0.29, 0.717) is 38.2 Å². The van der Waals surface area contributed by atoms with Crippen LogP contribution in [0.3, 0.4) is 0 Å². The van der Waals surface area contributed by atoms with Gasteiger partial charge in [-0.1, -0.05) is 12.1 Å². The van der Waals surface area contributed by atoms with Crippen LogP contribution < -0.4 is 11.1 Å². The third-order valence-corrected chi connectivity index (χ3v) is 5.79. The molecule has 146 valence electrons. The topological polar surface area (TPSA) is 110 Å².